The number of aliphatic hydroxyl groups is 1. The van der Waals surface area contributed by atoms with E-state index in [9.17, 15) is 14.7 Å². The number of aliphatic hydroxyl groups excluding tert-OH is 1. The molecule has 5 heteroatoms. The van der Waals surface area contributed by atoms with Crippen LogP contribution in [0.1, 0.15) is 296 Å². The number of esters is 2. The summed E-state index contributed by atoms with van der Waals surface area (Å²) in [5.41, 5.74) is 0. The van der Waals surface area contributed by atoms with E-state index in [1.165, 1.54) is 154 Å². The van der Waals surface area contributed by atoms with Crippen LogP contribution < -0.4 is 0 Å². The number of unbranched alkanes of at least 4 members (excludes halogenated alkanes) is 28. The number of hydrogen-bond acceptors (Lipinski definition) is 5. The Morgan fingerprint density at radius 1 is 0.300 bits per heavy atom. The largest absolute Gasteiger partial charge is 0.462 e. The molecule has 0 aromatic rings. The maximum absolute atomic E-state index is 12.4. The Morgan fingerprint density at radius 2 is 0.537 bits per heavy atom. The molecule has 454 valence electrons. The molecule has 0 aromatic carbocycles. The average molecular weight is 1110 g/mol. The normalized spacial score (nSPS) is 13.2. The summed E-state index contributed by atoms with van der Waals surface area (Å²) in [6, 6.07) is 0. The number of hydrogen-bond donors (Lipinski definition) is 1. The molecular formula is C75H124O5. The van der Waals surface area contributed by atoms with Gasteiger partial charge in [0.25, 0.3) is 0 Å². The molecule has 0 spiro atoms. The van der Waals surface area contributed by atoms with Gasteiger partial charge in [-0.1, -0.05) is 307 Å². The minimum absolute atomic E-state index is 0.0751. The van der Waals surface area contributed by atoms with Crippen LogP contribution in [0, 0.1) is 0 Å². The van der Waals surface area contributed by atoms with Crippen LogP contribution in [0.3, 0.4) is 0 Å². The summed E-state index contributed by atoms with van der Waals surface area (Å²) < 4.78 is 10.7. The van der Waals surface area contributed by atoms with Gasteiger partial charge in [-0.2, -0.15) is 0 Å². The Labute approximate surface area is 495 Å². The van der Waals surface area contributed by atoms with Crippen molar-refractivity contribution in [3.63, 3.8) is 0 Å². The van der Waals surface area contributed by atoms with E-state index in [0.717, 1.165) is 116 Å². The van der Waals surface area contributed by atoms with Crippen LogP contribution in [0.5, 0.6) is 0 Å². The third-order valence-corrected chi connectivity index (χ3v) is 14.1. The molecule has 1 N–H and O–H groups in total. The van der Waals surface area contributed by atoms with Gasteiger partial charge in [-0.15, -0.1) is 0 Å². The number of carbonyl (C=O) groups is 2. The number of allylic oxidation sites excluding steroid dienone is 24. The summed E-state index contributed by atoms with van der Waals surface area (Å²) in [5.74, 6) is -0.599. The van der Waals surface area contributed by atoms with E-state index >= 15 is 0 Å². The second kappa shape index (κ2) is 69.1. The molecule has 0 aliphatic rings. The van der Waals surface area contributed by atoms with Gasteiger partial charge in [-0.25, -0.2) is 0 Å². The highest BCUT2D eigenvalue weighted by Gasteiger charge is 2.16. The highest BCUT2D eigenvalue weighted by molar-refractivity contribution is 5.70. The van der Waals surface area contributed by atoms with Crippen LogP contribution in [-0.2, 0) is 19.1 Å². The van der Waals surface area contributed by atoms with Gasteiger partial charge >= 0.3 is 11.9 Å². The maximum Gasteiger partial charge on any atom is 0.306 e. The van der Waals surface area contributed by atoms with E-state index in [2.05, 4.69) is 160 Å². The van der Waals surface area contributed by atoms with Crippen LogP contribution in [0.25, 0.3) is 0 Å². The number of carbonyl (C=O) groups excluding carboxylic acids is 2. The van der Waals surface area contributed by atoms with E-state index in [1.54, 1.807) is 0 Å². The van der Waals surface area contributed by atoms with Crippen molar-refractivity contribution in [2.45, 2.75) is 302 Å². The summed E-state index contributed by atoms with van der Waals surface area (Å²) in [4.78, 5) is 24.6. The van der Waals surface area contributed by atoms with Crippen molar-refractivity contribution in [2.75, 3.05) is 13.2 Å². The fourth-order valence-corrected chi connectivity index (χ4v) is 9.14. The zero-order valence-electron chi connectivity index (χ0n) is 52.0. The fourth-order valence-electron chi connectivity index (χ4n) is 9.14. The first kappa shape index (κ1) is 75.8. The summed E-state index contributed by atoms with van der Waals surface area (Å²) in [5, 5.41) is 9.69. The van der Waals surface area contributed by atoms with E-state index in [0.29, 0.717) is 12.8 Å². The zero-order valence-corrected chi connectivity index (χ0v) is 52.0. The van der Waals surface area contributed by atoms with Crippen molar-refractivity contribution < 1.29 is 24.2 Å². The van der Waals surface area contributed by atoms with Gasteiger partial charge in [0.15, 0.2) is 6.10 Å². The molecule has 1 atom stereocenters. The van der Waals surface area contributed by atoms with Gasteiger partial charge in [-0.05, 0) is 122 Å². The van der Waals surface area contributed by atoms with Crippen molar-refractivity contribution in [1.29, 1.82) is 0 Å². The molecule has 80 heavy (non-hydrogen) atoms. The molecule has 1 unspecified atom stereocenters. The Kier molecular flexibility index (Phi) is 65.4. The summed E-state index contributed by atoms with van der Waals surface area (Å²) in [7, 11) is 0. The molecule has 0 saturated heterocycles. The molecule has 0 amide bonds. The van der Waals surface area contributed by atoms with E-state index < -0.39 is 6.10 Å². The smallest absolute Gasteiger partial charge is 0.306 e. The third-order valence-electron chi connectivity index (χ3n) is 14.1. The monoisotopic (exact) mass is 1100 g/mol. The summed E-state index contributed by atoms with van der Waals surface area (Å²) in [6.07, 6.45) is 104. The fraction of sp³-hybridized carbons (Fsp3) is 0.653. The van der Waals surface area contributed by atoms with Gasteiger partial charge in [0.1, 0.15) is 6.61 Å². The van der Waals surface area contributed by atoms with Gasteiger partial charge < -0.3 is 14.6 Å². The van der Waals surface area contributed by atoms with Crippen molar-refractivity contribution >= 4 is 11.9 Å². The zero-order chi connectivity index (χ0) is 57.6. The van der Waals surface area contributed by atoms with E-state index in [-0.39, 0.29) is 25.2 Å². The Morgan fingerprint density at radius 3 is 0.812 bits per heavy atom. The van der Waals surface area contributed by atoms with Crippen LogP contribution in [0.4, 0.5) is 0 Å². The molecule has 0 aromatic heterocycles. The highest BCUT2D eigenvalue weighted by Crippen LogP contribution is 2.16. The predicted octanol–water partition coefficient (Wildman–Crippen LogP) is 23.3. The minimum atomic E-state index is -0.787. The first-order valence-electron chi connectivity index (χ1n) is 33.4. The van der Waals surface area contributed by atoms with E-state index in [4.69, 9.17) is 9.47 Å². The first-order chi connectivity index (χ1) is 39.6. The quantitative estimate of drug-likeness (QED) is 0.0373. The Balaban J connectivity index is 3.55. The predicted molar refractivity (Wildman–Crippen MR) is 352 cm³/mol. The molecule has 0 rings (SSSR count). The molecule has 0 aliphatic heterocycles. The minimum Gasteiger partial charge on any atom is -0.462 e. The van der Waals surface area contributed by atoms with Crippen LogP contribution in [0.2, 0.25) is 0 Å². The lowest BCUT2D eigenvalue weighted by Crippen LogP contribution is -2.28. The SMILES string of the molecule is CC/C=C\C/C=C\C/C=C\C/C=C\C/C=C\C/C=C\C/C=C\C/C=C\C/C=C\CCCCCCCCCCCC(=O)OC(CO)COC(=O)CCCCCCCCCCCCCCCC/C=C\C/C=C\C/C=C\CCCCCCC. The third kappa shape index (κ3) is 66.3. The molecule has 0 bridgehead atoms. The van der Waals surface area contributed by atoms with Gasteiger partial charge in [0, 0.05) is 12.8 Å². The molecule has 0 saturated carbocycles. The molecule has 0 heterocycles. The van der Waals surface area contributed by atoms with Crippen LogP contribution >= 0.6 is 0 Å². The topological polar surface area (TPSA) is 72.8 Å². The summed E-state index contributed by atoms with van der Waals surface area (Å²) >= 11 is 0. The van der Waals surface area contributed by atoms with Gasteiger partial charge in [0.05, 0.1) is 6.61 Å². The van der Waals surface area contributed by atoms with Crippen molar-refractivity contribution in [2.24, 2.45) is 0 Å². The standard InChI is InChI=1S/C75H124O5/c1-3-5-7-9-11-13-15-17-19-21-23-25-27-29-31-33-34-35-36-37-38-39-40-42-44-46-48-50-52-54-56-58-60-62-64-66-68-70-75(78)80-73(71-76)72-79-74(77)69-67-65-63-61-59-57-55-53-51-49-47-45-43-41-32-30-28-26-24-22-20-18-16-14-12-10-8-6-4-2/h5,7,11,13,16-19,22-25,28-31,34-35,37-38,40,42,46,48,73,76H,3-4,6,8-10,12,14-15,20-21,26-27,32-33,36,39,41,43-45,47,49-72H2,1-2H3/b7-5-,13-11-,18-16-,19-17-,24-22-,25-23-,30-28-,31-29-,35-34-,38-37-,42-40-,48-46-. The molecular weight excluding hydrogens is 981 g/mol. The van der Waals surface area contributed by atoms with E-state index in [1.807, 2.05) is 0 Å². The second-order valence-corrected chi connectivity index (χ2v) is 21.8. The maximum atomic E-state index is 12.4. The van der Waals surface area contributed by atoms with Crippen molar-refractivity contribution in [3.05, 3.63) is 146 Å². The Hall–Kier alpha value is -4.22. The lowest BCUT2D eigenvalue weighted by Gasteiger charge is -2.15. The van der Waals surface area contributed by atoms with Crippen molar-refractivity contribution in [1.82, 2.24) is 0 Å². The molecule has 5 nitrogen and oxygen atoms in total. The van der Waals surface area contributed by atoms with Gasteiger partial charge in [-0.3, -0.25) is 9.59 Å². The summed E-state index contributed by atoms with van der Waals surface area (Å²) in [6.45, 7) is 4.02. The van der Waals surface area contributed by atoms with Crippen molar-refractivity contribution in [3.8, 4) is 0 Å². The van der Waals surface area contributed by atoms with Gasteiger partial charge in [0.2, 0.25) is 0 Å². The first-order valence-corrected chi connectivity index (χ1v) is 33.4. The molecule has 0 aliphatic carbocycles. The lowest BCUT2D eigenvalue weighted by molar-refractivity contribution is -0.161. The second-order valence-electron chi connectivity index (χ2n) is 21.8. The number of ether oxygens (including phenoxy) is 2. The Bertz CT molecular complexity index is 1680. The molecule has 0 fully saturated rings. The van der Waals surface area contributed by atoms with Crippen LogP contribution in [0.15, 0.2) is 146 Å². The lowest BCUT2D eigenvalue weighted by atomic mass is 10.0. The van der Waals surface area contributed by atoms with Crippen LogP contribution in [-0.4, -0.2) is 36.4 Å². The average Bonchev–Trinajstić information content (AvgIpc) is 3.46. The highest BCUT2D eigenvalue weighted by atomic mass is 16.6. The number of rotatable bonds is 60. The molecule has 0 radical (unpaired) electrons.